The highest BCUT2D eigenvalue weighted by Crippen LogP contribution is 2.28. The predicted octanol–water partition coefficient (Wildman–Crippen LogP) is 2.40. The van der Waals surface area contributed by atoms with E-state index in [1.165, 1.54) is 31.8 Å². The maximum absolute atomic E-state index is 4.25. The van der Waals surface area contributed by atoms with Crippen LogP contribution in [-0.2, 0) is 0 Å². The third kappa shape index (κ3) is 2.23. The van der Waals surface area contributed by atoms with Gasteiger partial charge in [-0.15, -0.1) is 0 Å². The second-order valence-electron chi connectivity index (χ2n) is 4.01. The van der Waals surface area contributed by atoms with Crippen LogP contribution in [0.1, 0.15) is 33.6 Å². The van der Waals surface area contributed by atoms with E-state index in [-0.39, 0.29) is 0 Å². The number of aliphatic imine (C=N–C) groups is 1. The van der Waals surface area contributed by atoms with Crippen LogP contribution in [0, 0.1) is 11.8 Å². The summed E-state index contributed by atoms with van der Waals surface area (Å²) in [5.74, 6) is 2.98. The summed E-state index contributed by atoms with van der Waals surface area (Å²) < 4.78 is 0. The lowest BCUT2D eigenvalue weighted by molar-refractivity contribution is 0.397. The van der Waals surface area contributed by atoms with Gasteiger partial charge in [0.05, 0.1) is 5.84 Å². The van der Waals surface area contributed by atoms with E-state index in [9.17, 15) is 0 Å². The first-order chi connectivity index (χ1) is 6.22. The molecule has 1 saturated heterocycles. The topological polar surface area (TPSA) is 15.6 Å². The third-order valence-corrected chi connectivity index (χ3v) is 3.41. The highest BCUT2D eigenvalue weighted by molar-refractivity contribution is 5.79. The van der Waals surface area contributed by atoms with Crippen molar-refractivity contribution in [2.24, 2.45) is 16.8 Å². The van der Waals surface area contributed by atoms with Crippen molar-refractivity contribution in [3.05, 3.63) is 0 Å². The summed E-state index contributed by atoms with van der Waals surface area (Å²) in [4.78, 5) is 6.68. The number of likely N-dealkylation sites (tertiary alicyclic amines) is 1. The standard InChI is InChI=1S/C11H22N2/c1-5-10-7-13(9(3)12-4)8-11(10)6-2/h10-11H,5-8H2,1-4H3. The van der Waals surface area contributed by atoms with Gasteiger partial charge in [0, 0.05) is 20.1 Å². The zero-order chi connectivity index (χ0) is 9.84. The summed E-state index contributed by atoms with van der Waals surface area (Å²) in [7, 11) is 1.88. The SMILES string of the molecule is CCC1CN(C(C)=NC)CC1CC. The number of hydrogen-bond donors (Lipinski definition) is 0. The first-order valence-electron chi connectivity index (χ1n) is 5.41. The van der Waals surface area contributed by atoms with Gasteiger partial charge in [0.2, 0.25) is 0 Å². The molecular weight excluding hydrogens is 160 g/mol. The summed E-state index contributed by atoms with van der Waals surface area (Å²) >= 11 is 0. The van der Waals surface area contributed by atoms with Crippen molar-refractivity contribution >= 4 is 5.84 Å². The molecule has 1 aliphatic heterocycles. The Hall–Kier alpha value is -0.530. The van der Waals surface area contributed by atoms with E-state index >= 15 is 0 Å². The molecule has 2 nitrogen and oxygen atoms in total. The van der Waals surface area contributed by atoms with Gasteiger partial charge in [0.15, 0.2) is 0 Å². The number of hydrogen-bond acceptors (Lipinski definition) is 1. The van der Waals surface area contributed by atoms with E-state index in [1.54, 1.807) is 0 Å². The third-order valence-electron chi connectivity index (χ3n) is 3.41. The normalized spacial score (nSPS) is 29.8. The molecule has 1 aliphatic rings. The number of nitrogens with zero attached hydrogens (tertiary/aromatic N) is 2. The molecule has 0 aromatic rings. The largest absolute Gasteiger partial charge is 0.360 e. The minimum absolute atomic E-state index is 0.890. The molecule has 0 N–H and O–H groups in total. The maximum atomic E-state index is 4.25. The Balaban J connectivity index is 2.57. The van der Waals surface area contributed by atoms with Crippen molar-refractivity contribution in [1.29, 1.82) is 0 Å². The summed E-state index contributed by atoms with van der Waals surface area (Å²) in [5, 5.41) is 0. The van der Waals surface area contributed by atoms with E-state index in [0.29, 0.717) is 0 Å². The first kappa shape index (κ1) is 10.6. The minimum atomic E-state index is 0.890. The van der Waals surface area contributed by atoms with Gasteiger partial charge in [-0.1, -0.05) is 26.7 Å². The smallest absolute Gasteiger partial charge is 0.0954 e. The molecule has 0 aliphatic carbocycles. The molecule has 0 spiro atoms. The Bertz CT molecular complexity index is 175. The summed E-state index contributed by atoms with van der Waals surface area (Å²) in [6.45, 7) is 9.16. The van der Waals surface area contributed by atoms with Crippen molar-refractivity contribution in [2.75, 3.05) is 20.1 Å². The van der Waals surface area contributed by atoms with Crippen LogP contribution < -0.4 is 0 Å². The minimum Gasteiger partial charge on any atom is -0.360 e. The predicted molar refractivity (Wildman–Crippen MR) is 58.2 cm³/mol. The van der Waals surface area contributed by atoms with Crippen molar-refractivity contribution in [2.45, 2.75) is 33.6 Å². The molecule has 2 unspecified atom stereocenters. The fourth-order valence-electron chi connectivity index (χ4n) is 2.27. The molecule has 13 heavy (non-hydrogen) atoms. The fourth-order valence-corrected chi connectivity index (χ4v) is 2.27. The second-order valence-corrected chi connectivity index (χ2v) is 4.01. The molecule has 76 valence electrons. The molecule has 1 fully saturated rings. The highest BCUT2D eigenvalue weighted by Gasteiger charge is 2.30. The van der Waals surface area contributed by atoms with Crippen LogP contribution in [0.15, 0.2) is 4.99 Å². The van der Waals surface area contributed by atoms with Crippen molar-refractivity contribution in [3.8, 4) is 0 Å². The van der Waals surface area contributed by atoms with Gasteiger partial charge in [0.1, 0.15) is 0 Å². The monoisotopic (exact) mass is 182 g/mol. The zero-order valence-corrected chi connectivity index (χ0v) is 9.38. The molecule has 0 saturated carbocycles. The summed E-state index contributed by atoms with van der Waals surface area (Å²) in [5.41, 5.74) is 0. The van der Waals surface area contributed by atoms with E-state index in [2.05, 4.69) is 30.7 Å². The maximum Gasteiger partial charge on any atom is 0.0954 e. The zero-order valence-electron chi connectivity index (χ0n) is 9.38. The van der Waals surface area contributed by atoms with Crippen LogP contribution >= 0.6 is 0 Å². The van der Waals surface area contributed by atoms with E-state index in [4.69, 9.17) is 0 Å². The lowest BCUT2D eigenvalue weighted by Gasteiger charge is -2.16. The van der Waals surface area contributed by atoms with Gasteiger partial charge in [-0.2, -0.15) is 0 Å². The van der Waals surface area contributed by atoms with Gasteiger partial charge < -0.3 is 4.90 Å². The molecule has 1 rings (SSSR count). The molecular formula is C11H22N2. The van der Waals surface area contributed by atoms with Crippen molar-refractivity contribution < 1.29 is 0 Å². The van der Waals surface area contributed by atoms with Crippen LogP contribution in [0.2, 0.25) is 0 Å². The Morgan fingerprint density at radius 2 is 1.69 bits per heavy atom. The van der Waals surface area contributed by atoms with Gasteiger partial charge in [0.25, 0.3) is 0 Å². The molecule has 0 radical (unpaired) electrons. The second kappa shape index (κ2) is 4.64. The Morgan fingerprint density at radius 1 is 1.23 bits per heavy atom. The molecule has 2 heteroatoms. The van der Waals surface area contributed by atoms with Gasteiger partial charge in [-0.3, -0.25) is 4.99 Å². The van der Waals surface area contributed by atoms with E-state index < -0.39 is 0 Å². The summed E-state index contributed by atoms with van der Waals surface area (Å²) in [6, 6.07) is 0. The average Bonchev–Trinajstić information content (AvgIpc) is 2.59. The van der Waals surface area contributed by atoms with Crippen LogP contribution in [0.25, 0.3) is 0 Å². The van der Waals surface area contributed by atoms with E-state index in [1.807, 2.05) is 7.05 Å². The average molecular weight is 182 g/mol. The van der Waals surface area contributed by atoms with Crippen LogP contribution in [0.5, 0.6) is 0 Å². The van der Waals surface area contributed by atoms with Crippen LogP contribution in [0.3, 0.4) is 0 Å². The summed E-state index contributed by atoms with van der Waals surface area (Å²) in [6.07, 6.45) is 2.62. The van der Waals surface area contributed by atoms with Gasteiger partial charge in [-0.05, 0) is 18.8 Å². The van der Waals surface area contributed by atoms with Gasteiger partial charge in [-0.25, -0.2) is 0 Å². The molecule has 2 atom stereocenters. The van der Waals surface area contributed by atoms with Crippen molar-refractivity contribution in [1.82, 2.24) is 4.90 Å². The number of amidine groups is 1. The van der Waals surface area contributed by atoms with Crippen LogP contribution in [0.4, 0.5) is 0 Å². The molecule has 0 aromatic carbocycles. The quantitative estimate of drug-likeness (QED) is 0.473. The van der Waals surface area contributed by atoms with Crippen LogP contribution in [-0.4, -0.2) is 30.9 Å². The van der Waals surface area contributed by atoms with Gasteiger partial charge >= 0.3 is 0 Å². The lowest BCUT2D eigenvalue weighted by atomic mass is 9.92. The van der Waals surface area contributed by atoms with Crippen molar-refractivity contribution in [3.63, 3.8) is 0 Å². The fraction of sp³-hybridized carbons (Fsp3) is 0.909. The molecule has 0 aromatic heterocycles. The Kier molecular flexibility index (Phi) is 3.76. The molecule has 0 bridgehead atoms. The first-order valence-corrected chi connectivity index (χ1v) is 5.41. The lowest BCUT2D eigenvalue weighted by Crippen LogP contribution is -2.26. The molecule has 1 heterocycles. The Labute approximate surface area is 82.0 Å². The molecule has 0 amide bonds. The highest BCUT2D eigenvalue weighted by atomic mass is 15.2. The number of rotatable bonds is 2. The Morgan fingerprint density at radius 3 is 2.00 bits per heavy atom. The van der Waals surface area contributed by atoms with E-state index in [0.717, 1.165) is 11.8 Å².